The van der Waals surface area contributed by atoms with E-state index in [1.807, 2.05) is 6.07 Å². The minimum absolute atomic E-state index is 0.448. The van der Waals surface area contributed by atoms with Crippen LogP contribution in [-0.2, 0) is 5.41 Å². The van der Waals surface area contributed by atoms with E-state index < -0.39 is 5.41 Å². The van der Waals surface area contributed by atoms with Gasteiger partial charge in [0.05, 0.1) is 22.1 Å². The maximum Gasteiger partial charge on any atom is 0.137 e. The Morgan fingerprint density at radius 2 is 0.948 bits per heavy atom. The van der Waals surface area contributed by atoms with Gasteiger partial charge < -0.3 is 13.9 Å². The number of anilines is 3. The fraction of sp³-hybridized carbons (Fsp3) is 0.0182. The van der Waals surface area contributed by atoms with Crippen molar-refractivity contribution in [3.05, 3.63) is 229 Å². The molecule has 0 atom stereocenters. The average Bonchev–Trinajstić information content (AvgIpc) is 4.00. The first-order valence-corrected chi connectivity index (χ1v) is 20.0. The van der Waals surface area contributed by atoms with Crippen molar-refractivity contribution < 1.29 is 4.42 Å². The number of aromatic nitrogens is 1. The van der Waals surface area contributed by atoms with Gasteiger partial charge in [0.15, 0.2) is 0 Å². The maximum atomic E-state index is 6.57. The lowest BCUT2D eigenvalue weighted by Crippen LogP contribution is -2.26. The molecule has 0 amide bonds. The van der Waals surface area contributed by atoms with Gasteiger partial charge in [-0.25, -0.2) is 0 Å². The molecule has 0 N–H and O–H groups in total. The van der Waals surface area contributed by atoms with Crippen LogP contribution in [0.2, 0.25) is 0 Å². The molecule has 3 heteroatoms. The summed E-state index contributed by atoms with van der Waals surface area (Å²) in [5.74, 6) is 0. The van der Waals surface area contributed by atoms with E-state index in [1.165, 1.54) is 66.3 Å². The third-order valence-electron chi connectivity index (χ3n) is 12.8. The zero-order chi connectivity index (χ0) is 38.0. The van der Waals surface area contributed by atoms with Crippen molar-refractivity contribution in [2.24, 2.45) is 0 Å². The Morgan fingerprint density at radius 3 is 1.74 bits per heavy atom. The van der Waals surface area contributed by atoms with Crippen LogP contribution in [0, 0.1) is 0 Å². The van der Waals surface area contributed by atoms with Crippen LogP contribution in [0.3, 0.4) is 0 Å². The van der Waals surface area contributed by atoms with Gasteiger partial charge in [-0.3, -0.25) is 0 Å². The number of hydrogen-bond donors (Lipinski definition) is 0. The summed E-state index contributed by atoms with van der Waals surface area (Å²) in [5.41, 5.74) is 18.5. The lowest BCUT2D eigenvalue weighted by molar-refractivity contribution is 0.669. The minimum atomic E-state index is -0.448. The van der Waals surface area contributed by atoms with Crippen LogP contribution >= 0.6 is 0 Å². The molecule has 2 aliphatic rings. The molecular weight excluding hydrogens is 705 g/mol. The molecule has 58 heavy (non-hydrogen) atoms. The summed E-state index contributed by atoms with van der Waals surface area (Å²) < 4.78 is 8.95. The molecule has 0 aliphatic heterocycles. The molecule has 0 saturated heterocycles. The van der Waals surface area contributed by atoms with Crippen molar-refractivity contribution in [2.45, 2.75) is 5.41 Å². The molecule has 13 rings (SSSR count). The molecule has 9 aromatic carbocycles. The van der Waals surface area contributed by atoms with Gasteiger partial charge in [-0.2, -0.15) is 0 Å². The normalized spacial score (nSPS) is 13.3. The van der Waals surface area contributed by atoms with Gasteiger partial charge in [-0.1, -0.05) is 140 Å². The van der Waals surface area contributed by atoms with Gasteiger partial charge in [-0.05, 0) is 99.6 Å². The third-order valence-corrected chi connectivity index (χ3v) is 12.8. The molecule has 1 spiro atoms. The molecular formula is C55H34N2O. The van der Waals surface area contributed by atoms with E-state index in [1.54, 1.807) is 0 Å². The highest BCUT2D eigenvalue weighted by molar-refractivity contribution is 6.12. The molecule has 2 aromatic heterocycles. The van der Waals surface area contributed by atoms with Crippen molar-refractivity contribution in [3.8, 4) is 27.9 Å². The number of furan rings is 1. The van der Waals surface area contributed by atoms with Crippen LogP contribution in [0.15, 0.2) is 211 Å². The Morgan fingerprint density at radius 1 is 0.379 bits per heavy atom. The van der Waals surface area contributed by atoms with Crippen LogP contribution in [0.1, 0.15) is 22.3 Å². The Hall–Kier alpha value is -7.62. The summed E-state index contributed by atoms with van der Waals surface area (Å²) in [6, 6.07) is 75.5. The van der Waals surface area contributed by atoms with Crippen LogP contribution in [0.25, 0.3) is 71.7 Å². The second-order valence-electron chi connectivity index (χ2n) is 15.6. The third kappa shape index (κ3) is 4.07. The molecule has 0 radical (unpaired) electrons. The van der Waals surface area contributed by atoms with E-state index in [9.17, 15) is 0 Å². The number of fused-ring (bicyclic) bond motifs is 16. The van der Waals surface area contributed by atoms with Gasteiger partial charge in [0.25, 0.3) is 0 Å². The Balaban J connectivity index is 1.12. The standard InChI is InChI=1S/C55H34N2O/c1-2-15-35(16-3-1)57-49-26-12-7-19-40(49)44-33-36(30-32-50(44)57)56(37-29-31-42-41-20-8-13-28-52(41)58-53(42)34-37)51-27-14-25-48-54(51)43-21-6-11-24-47(43)55(48)45-22-9-4-17-38(45)39-18-5-10-23-46(39)55/h1-34H. The monoisotopic (exact) mass is 738 g/mol. The van der Waals surface area contributed by atoms with E-state index in [0.29, 0.717) is 0 Å². The number of rotatable bonds is 4. The maximum absolute atomic E-state index is 6.57. The van der Waals surface area contributed by atoms with E-state index in [0.717, 1.165) is 44.7 Å². The summed E-state index contributed by atoms with van der Waals surface area (Å²) in [4.78, 5) is 2.46. The smallest absolute Gasteiger partial charge is 0.137 e. The van der Waals surface area contributed by atoms with E-state index in [4.69, 9.17) is 4.42 Å². The summed E-state index contributed by atoms with van der Waals surface area (Å²) in [6.07, 6.45) is 0. The van der Waals surface area contributed by atoms with Gasteiger partial charge in [-0.15, -0.1) is 0 Å². The van der Waals surface area contributed by atoms with Gasteiger partial charge in [0, 0.05) is 50.2 Å². The van der Waals surface area contributed by atoms with Crippen LogP contribution in [0.5, 0.6) is 0 Å². The zero-order valence-corrected chi connectivity index (χ0v) is 31.4. The van der Waals surface area contributed by atoms with Crippen LogP contribution < -0.4 is 4.90 Å². The second kappa shape index (κ2) is 11.7. The summed E-state index contributed by atoms with van der Waals surface area (Å²) in [5, 5.41) is 4.66. The SMILES string of the molecule is c1ccc(-n2c3ccccc3c3cc(N(c4ccc5c(c4)oc4ccccc45)c4cccc5c4-c4ccccc4C54c5ccccc5-c5ccccc54)ccc32)cc1. The first kappa shape index (κ1) is 31.6. The Labute approximate surface area is 335 Å². The van der Waals surface area contributed by atoms with E-state index in [2.05, 4.69) is 210 Å². The van der Waals surface area contributed by atoms with E-state index in [-0.39, 0.29) is 0 Å². The lowest BCUT2D eigenvalue weighted by Gasteiger charge is -2.31. The van der Waals surface area contributed by atoms with Crippen molar-refractivity contribution in [2.75, 3.05) is 4.90 Å². The van der Waals surface area contributed by atoms with Crippen LogP contribution in [-0.4, -0.2) is 4.57 Å². The van der Waals surface area contributed by atoms with Crippen molar-refractivity contribution in [1.29, 1.82) is 0 Å². The molecule has 0 saturated carbocycles. The number of hydrogen-bond acceptors (Lipinski definition) is 2. The molecule has 0 bridgehead atoms. The molecule has 3 nitrogen and oxygen atoms in total. The fourth-order valence-electron chi connectivity index (χ4n) is 10.5. The first-order chi connectivity index (χ1) is 28.8. The molecule has 270 valence electrons. The number of nitrogens with zero attached hydrogens (tertiary/aromatic N) is 2. The second-order valence-corrected chi connectivity index (χ2v) is 15.6. The molecule has 0 fully saturated rings. The highest BCUT2D eigenvalue weighted by atomic mass is 16.3. The van der Waals surface area contributed by atoms with Gasteiger partial charge >= 0.3 is 0 Å². The Kier molecular flexibility index (Phi) is 6.37. The van der Waals surface area contributed by atoms with Gasteiger partial charge in [0.2, 0.25) is 0 Å². The number of para-hydroxylation sites is 3. The number of benzene rings is 9. The van der Waals surface area contributed by atoms with Gasteiger partial charge in [0.1, 0.15) is 11.2 Å². The van der Waals surface area contributed by atoms with E-state index >= 15 is 0 Å². The van der Waals surface area contributed by atoms with Crippen molar-refractivity contribution in [1.82, 2.24) is 4.57 Å². The first-order valence-electron chi connectivity index (χ1n) is 20.0. The minimum Gasteiger partial charge on any atom is -0.456 e. The van der Waals surface area contributed by atoms with Crippen LogP contribution in [0.4, 0.5) is 17.1 Å². The predicted molar refractivity (Wildman–Crippen MR) is 239 cm³/mol. The largest absolute Gasteiger partial charge is 0.456 e. The molecule has 11 aromatic rings. The topological polar surface area (TPSA) is 21.3 Å². The molecule has 2 heterocycles. The summed E-state index contributed by atoms with van der Waals surface area (Å²) >= 11 is 0. The molecule has 0 unspecified atom stereocenters. The quantitative estimate of drug-likeness (QED) is 0.179. The van der Waals surface area contributed by atoms with Crippen molar-refractivity contribution >= 4 is 60.8 Å². The summed E-state index contributed by atoms with van der Waals surface area (Å²) in [6.45, 7) is 0. The highest BCUT2D eigenvalue weighted by Gasteiger charge is 2.52. The predicted octanol–water partition coefficient (Wildman–Crippen LogP) is 14.5. The summed E-state index contributed by atoms with van der Waals surface area (Å²) in [7, 11) is 0. The fourth-order valence-corrected chi connectivity index (χ4v) is 10.5. The highest BCUT2D eigenvalue weighted by Crippen LogP contribution is 2.64. The zero-order valence-electron chi connectivity index (χ0n) is 31.4. The lowest BCUT2D eigenvalue weighted by atomic mass is 9.70. The average molecular weight is 739 g/mol. The molecule has 2 aliphatic carbocycles. The Bertz CT molecular complexity index is 3430. The van der Waals surface area contributed by atoms with Crippen molar-refractivity contribution in [3.63, 3.8) is 0 Å².